The van der Waals surface area contributed by atoms with Gasteiger partial charge in [0, 0.05) is 16.6 Å². The molecule has 1 amide bonds. The molecular weight excluding hydrogens is 276 g/mol. The Morgan fingerprint density at radius 2 is 2.05 bits per heavy atom. The van der Waals surface area contributed by atoms with Crippen molar-refractivity contribution in [1.29, 1.82) is 0 Å². The molecule has 0 radical (unpaired) electrons. The van der Waals surface area contributed by atoms with Gasteiger partial charge in [0.2, 0.25) is 5.91 Å². The van der Waals surface area contributed by atoms with Crippen LogP contribution < -0.4 is 5.32 Å². The molecule has 1 rings (SSSR count). The standard InChI is InChI=1S/C14H20N2O3S/c1-10(2)16(9-14(18)19)8-13(17)15-11-5-4-6-12(7-11)20-3/h4-7,10H,8-9H2,1-3H3,(H,15,17)(H,18,19). The van der Waals surface area contributed by atoms with Crippen LogP contribution in [0.4, 0.5) is 5.69 Å². The number of carboxylic acids is 1. The van der Waals surface area contributed by atoms with Crippen LogP contribution in [0.3, 0.4) is 0 Å². The number of nitrogens with zero attached hydrogens (tertiary/aromatic N) is 1. The normalized spacial score (nSPS) is 10.8. The number of rotatable bonds is 7. The van der Waals surface area contributed by atoms with E-state index in [0.717, 1.165) is 10.6 Å². The topological polar surface area (TPSA) is 69.6 Å². The Kier molecular flexibility index (Phi) is 6.54. The van der Waals surface area contributed by atoms with E-state index < -0.39 is 5.97 Å². The fraction of sp³-hybridized carbons (Fsp3) is 0.429. The largest absolute Gasteiger partial charge is 0.480 e. The van der Waals surface area contributed by atoms with Gasteiger partial charge in [0.25, 0.3) is 0 Å². The minimum atomic E-state index is -0.934. The number of benzene rings is 1. The predicted molar refractivity (Wildman–Crippen MR) is 81.2 cm³/mol. The molecule has 0 bridgehead atoms. The van der Waals surface area contributed by atoms with Gasteiger partial charge in [0.05, 0.1) is 13.1 Å². The number of thioether (sulfide) groups is 1. The number of carboxylic acid groups (broad SMARTS) is 1. The maximum absolute atomic E-state index is 12.0. The van der Waals surface area contributed by atoms with Crippen molar-refractivity contribution in [1.82, 2.24) is 4.90 Å². The Hall–Kier alpha value is -1.53. The average Bonchev–Trinajstić information content (AvgIpc) is 2.37. The van der Waals surface area contributed by atoms with E-state index >= 15 is 0 Å². The highest BCUT2D eigenvalue weighted by molar-refractivity contribution is 7.98. The summed E-state index contributed by atoms with van der Waals surface area (Å²) in [4.78, 5) is 25.4. The van der Waals surface area contributed by atoms with Crippen molar-refractivity contribution in [2.24, 2.45) is 0 Å². The summed E-state index contributed by atoms with van der Waals surface area (Å²) >= 11 is 1.60. The maximum atomic E-state index is 12.0. The molecule has 0 aliphatic rings. The zero-order valence-electron chi connectivity index (χ0n) is 11.9. The molecule has 0 spiro atoms. The van der Waals surface area contributed by atoms with E-state index in [-0.39, 0.29) is 25.0 Å². The lowest BCUT2D eigenvalue weighted by Crippen LogP contribution is -2.41. The number of hydrogen-bond donors (Lipinski definition) is 2. The van der Waals surface area contributed by atoms with E-state index in [1.165, 1.54) is 0 Å². The summed E-state index contributed by atoms with van der Waals surface area (Å²) in [6, 6.07) is 7.53. The van der Waals surface area contributed by atoms with Crippen LogP contribution in [0.25, 0.3) is 0 Å². The molecule has 5 nitrogen and oxygen atoms in total. The first-order valence-corrected chi connectivity index (χ1v) is 7.54. The Bertz CT molecular complexity index is 477. The molecule has 20 heavy (non-hydrogen) atoms. The summed E-state index contributed by atoms with van der Waals surface area (Å²) < 4.78 is 0. The van der Waals surface area contributed by atoms with Crippen LogP contribution in [0.15, 0.2) is 29.2 Å². The molecule has 6 heteroatoms. The number of amides is 1. The van der Waals surface area contributed by atoms with Crippen LogP contribution >= 0.6 is 11.8 Å². The first kappa shape index (κ1) is 16.5. The van der Waals surface area contributed by atoms with E-state index in [1.54, 1.807) is 16.7 Å². The smallest absolute Gasteiger partial charge is 0.317 e. The molecule has 110 valence electrons. The third kappa shape index (κ3) is 5.63. The van der Waals surface area contributed by atoms with Gasteiger partial charge in [-0.15, -0.1) is 11.8 Å². The van der Waals surface area contributed by atoms with Crippen LogP contribution in [0.2, 0.25) is 0 Å². The molecule has 0 aliphatic carbocycles. The molecule has 0 saturated carbocycles. The first-order chi connectivity index (χ1) is 9.42. The van der Waals surface area contributed by atoms with Crippen molar-refractivity contribution in [3.05, 3.63) is 24.3 Å². The third-order valence-electron chi connectivity index (χ3n) is 2.77. The number of carbonyl (C=O) groups is 2. The van der Waals surface area contributed by atoms with Crippen molar-refractivity contribution in [3.63, 3.8) is 0 Å². The molecule has 0 atom stereocenters. The summed E-state index contributed by atoms with van der Waals surface area (Å²) in [5.41, 5.74) is 0.723. The van der Waals surface area contributed by atoms with Crippen LogP contribution in [0.1, 0.15) is 13.8 Å². The lowest BCUT2D eigenvalue weighted by Gasteiger charge is -2.23. The van der Waals surface area contributed by atoms with Crippen molar-refractivity contribution < 1.29 is 14.7 Å². The third-order valence-corrected chi connectivity index (χ3v) is 3.49. The van der Waals surface area contributed by atoms with Gasteiger partial charge in [-0.05, 0) is 38.3 Å². The van der Waals surface area contributed by atoms with E-state index in [1.807, 2.05) is 44.4 Å². The van der Waals surface area contributed by atoms with Gasteiger partial charge in [-0.3, -0.25) is 14.5 Å². The minimum absolute atomic E-state index is 0.00520. The van der Waals surface area contributed by atoms with Gasteiger partial charge in [-0.25, -0.2) is 0 Å². The number of hydrogen-bond acceptors (Lipinski definition) is 4. The van der Waals surface area contributed by atoms with E-state index in [9.17, 15) is 9.59 Å². The molecule has 2 N–H and O–H groups in total. The molecule has 1 aromatic carbocycles. The summed E-state index contributed by atoms with van der Waals surface area (Å²) in [6.45, 7) is 3.65. The second-order valence-corrected chi connectivity index (χ2v) is 5.55. The Labute approximate surface area is 123 Å². The molecule has 1 aromatic rings. The van der Waals surface area contributed by atoms with Crippen molar-refractivity contribution in [2.45, 2.75) is 24.8 Å². The quantitative estimate of drug-likeness (QED) is 0.754. The molecular formula is C14H20N2O3S. The van der Waals surface area contributed by atoms with Gasteiger partial charge in [-0.2, -0.15) is 0 Å². The van der Waals surface area contributed by atoms with Crippen molar-refractivity contribution >= 4 is 29.3 Å². The highest BCUT2D eigenvalue weighted by Gasteiger charge is 2.17. The van der Waals surface area contributed by atoms with E-state index in [4.69, 9.17) is 5.11 Å². The summed E-state index contributed by atoms with van der Waals surface area (Å²) in [5, 5.41) is 11.6. The summed E-state index contributed by atoms with van der Waals surface area (Å²) in [6.07, 6.45) is 1.97. The first-order valence-electron chi connectivity index (χ1n) is 6.32. The van der Waals surface area contributed by atoms with Crippen LogP contribution in [-0.2, 0) is 9.59 Å². The van der Waals surface area contributed by atoms with Crippen LogP contribution in [0.5, 0.6) is 0 Å². The summed E-state index contributed by atoms with van der Waals surface area (Å²) in [5.74, 6) is -1.14. The van der Waals surface area contributed by atoms with Gasteiger partial charge < -0.3 is 10.4 Å². The zero-order chi connectivity index (χ0) is 15.1. The predicted octanol–water partition coefficient (Wildman–Crippen LogP) is 2.14. The highest BCUT2D eigenvalue weighted by atomic mass is 32.2. The van der Waals surface area contributed by atoms with Gasteiger partial charge in [0.1, 0.15) is 0 Å². The van der Waals surface area contributed by atoms with Crippen LogP contribution in [0, 0.1) is 0 Å². The SMILES string of the molecule is CSc1cccc(NC(=O)CN(CC(=O)O)C(C)C)c1. The van der Waals surface area contributed by atoms with Gasteiger partial charge in [-0.1, -0.05) is 6.07 Å². The number of aliphatic carboxylic acids is 1. The number of anilines is 1. The fourth-order valence-corrected chi connectivity index (χ4v) is 2.14. The number of carbonyl (C=O) groups excluding carboxylic acids is 1. The molecule has 0 aromatic heterocycles. The second-order valence-electron chi connectivity index (χ2n) is 4.67. The fourth-order valence-electron chi connectivity index (χ4n) is 1.68. The maximum Gasteiger partial charge on any atom is 0.317 e. The Balaban J connectivity index is 2.62. The van der Waals surface area contributed by atoms with Gasteiger partial charge in [0.15, 0.2) is 0 Å². The Morgan fingerprint density at radius 3 is 2.60 bits per heavy atom. The van der Waals surface area contributed by atoms with Crippen LogP contribution in [-0.4, -0.2) is 47.3 Å². The molecule has 0 unspecified atom stereocenters. The second kappa shape index (κ2) is 7.91. The lowest BCUT2D eigenvalue weighted by molar-refractivity contribution is -0.139. The van der Waals surface area contributed by atoms with E-state index in [2.05, 4.69) is 5.32 Å². The molecule has 0 fully saturated rings. The number of nitrogens with one attached hydrogen (secondary N) is 1. The minimum Gasteiger partial charge on any atom is -0.480 e. The van der Waals surface area contributed by atoms with Gasteiger partial charge >= 0.3 is 5.97 Å². The molecule has 0 aliphatic heterocycles. The van der Waals surface area contributed by atoms with E-state index in [0.29, 0.717) is 0 Å². The summed E-state index contributed by atoms with van der Waals surface area (Å²) in [7, 11) is 0. The van der Waals surface area contributed by atoms with Crippen molar-refractivity contribution in [2.75, 3.05) is 24.7 Å². The average molecular weight is 296 g/mol. The zero-order valence-corrected chi connectivity index (χ0v) is 12.7. The Morgan fingerprint density at radius 1 is 1.35 bits per heavy atom. The lowest BCUT2D eigenvalue weighted by atomic mass is 10.3. The molecule has 0 heterocycles. The van der Waals surface area contributed by atoms with Crippen molar-refractivity contribution in [3.8, 4) is 0 Å². The highest BCUT2D eigenvalue weighted by Crippen LogP contribution is 2.18. The molecule has 0 saturated heterocycles. The monoisotopic (exact) mass is 296 g/mol.